The van der Waals surface area contributed by atoms with Crippen LogP contribution in [-0.2, 0) is 6.42 Å². The van der Waals surface area contributed by atoms with Crippen LogP contribution in [0, 0.1) is 11.9 Å². The highest BCUT2D eigenvalue weighted by Crippen LogP contribution is 2.35. The standard InChI is InChI=1S/C22H22FN5O2S/c23-20-16(3-4-18(26-20)27-9-5-14(13-29)6-10-27)21-25-17-7-11-28(22(30)19(17)31-21)15-2-1-8-24-12-15/h1-4,8,12,14,29H,5-7,9-11,13H2. The number of carbonyl (C=O) groups is 1. The molecule has 0 saturated carbocycles. The third kappa shape index (κ3) is 3.79. The normalized spacial score (nSPS) is 17.2. The summed E-state index contributed by atoms with van der Waals surface area (Å²) in [6, 6.07) is 7.15. The van der Waals surface area contributed by atoms with Crippen LogP contribution < -0.4 is 9.80 Å². The summed E-state index contributed by atoms with van der Waals surface area (Å²) in [6.07, 6.45) is 5.69. The number of thiazole rings is 1. The molecule has 31 heavy (non-hydrogen) atoms. The number of hydrogen-bond donors (Lipinski definition) is 1. The van der Waals surface area contributed by atoms with E-state index in [0.717, 1.165) is 31.6 Å². The number of hydrogen-bond acceptors (Lipinski definition) is 7. The lowest BCUT2D eigenvalue weighted by Crippen LogP contribution is -2.36. The summed E-state index contributed by atoms with van der Waals surface area (Å²) in [5.74, 6) is 0.197. The Morgan fingerprint density at radius 2 is 2.00 bits per heavy atom. The first-order valence-electron chi connectivity index (χ1n) is 10.4. The Morgan fingerprint density at radius 1 is 1.16 bits per heavy atom. The van der Waals surface area contributed by atoms with Crippen LogP contribution in [0.15, 0.2) is 36.7 Å². The van der Waals surface area contributed by atoms with Gasteiger partial charge in [-0.05, 0) is 43.0 Å². The number of aliphatic hydroxyl groups is 1. The molecular formula is C22H22FN5O2S. The van der Waals surface area contributed by atoms with Crippen molar-refractivity contribution in [2.75, 3.05) is 36.0 Å². The van der Waals surface area contributed by atoms with Crippen LogP contribution in [-0.4, -0.2) is 52.2 Å². The highest BCUT2D eigenvalue weighted by Gasteiger charge is 2.30. The fraction of sp³-hybridized carbons (Fsp3) is 0.364. The van der Waals surface area contributed by atoms with Crippen LogP contribution >= 0.6 is 11.3 Å². The SMILES string of the molecule is O=C1c2sc(-c3ccc(N4CCC(CO)CC4)nc3F)nc2CCN1c1cccnc1. The van der Waals surface area contributed by atoms with Crippen LogP contribution in [0.2, 0.25) is 0 Å². The Bertz CT molecular complexity index is 1100. The first kappa shape index (κ1) is 20.0. The van der Waals surface area contributed by atoms with E-state index in [-0.39, 0.29) is 12.5 Å². The van der Waals surface area contributed by atoms with E-state index in [1.807, 2.05) is 17.0 Å². The lowest BCUT2D eigenvalue weighted by Gasteiger charge is -2.32. The van der Waals surface area contributed by atoms with Gasteiger partial charge in [0.2, 0.25) is 5.95 Å². The molecule has 5 rings (SSSR count). The number of aromatic nitrogens is 3. The van der Waals surface area contributed by atoms with Crippen molar-refractivity contribution < 1.29 is 14.3 Å². The van der Waals surface area contributed by atoms with Crippen LogP contribution in [0.25, 0.3) is 10.6 Å². The lowest BCUT2D eigenvalue weighted by molar-refractivity contribution is 0.0984. The minimum atomic E-state index is -0.579. The molecule has 9 heteroatoms. The van der Waals surface area contributed by atoms with E-state index in [9.17, 15) is 14.3 Å². The lowest BCUT2D eigenvalue weighted by atomic mass is 9.98. The number of halogens is 1. The van der Waals surface area contributed by atoms with E-state index in [2.05, 4.69) is 15.0 Å². The molecule has 0 aromatic carbocycles. The number of piperidine rings is 1. The van der Waals surface area contributed by atoms with Crippen LogP contribution in [0.4, 0.5) is 15.9 Å². The van der Waals surface area contributed by atoms with Crippen molar-refractivity contribution >= 4 is 28.7 Å². The van der Waals surface area contributed by atoms with Gasteiger partial charge in [-0.2, -0.15) is 4.39 Å². The zero-order valence-electron chi connectivity index (χ0n) is 16.9. The molecule has 0 unspecified atom stereocenters. The van der Waals surface area contributed by atoms with Gasteiger partial charge in [0, 0.05) is 38.9 Å². The maximum atomic E-state index is 14.9. The molecule has 2 aliphatic heterocycles. The predicted octanol–water partition coefficient (Wildman–Crippen LogP) is 3.15. The van der Waals surface area contributed by atoms with Crippen molar-refractivity contribution in [2.24, 2.45) is 5.92 Å². The van der Waals surface area contributed by atoms with Gasteiger partial charge in [0.25, 0.3) is 5.91 Å². The molecule has 0 spiro atoms. The second-order valence-electron chi connectivity index (χ2n) is 7.83. The third-order valence-corrected chi connectivity index (χ3v) is 7.05. The summed E-state index contributed by atoms with van der Waals surface area (Å²) >= 11 is 1.21. The van der Waals surface area contributed by atoms with Crippen molar-refractivity contribution in [3.8, 4) is 10.6 Å². The molecular weight excluding hydrogens is 417 g/mol. The van der Waals surface area contributed by atoms with Crippen molar-refractivity contribution in [3.05, 3.63) is 53.2 Å². The highest BCUT2D eigenvalue weighted by atomic mass is 32.1. The van der Waals surface area contributed by atoms with Gasteiger partial charge >= 0.3 is 0 Å². The van der Waals surface area contributed by atoms with Gasteiger partial charge in [-0.1, -0.05) is 0 Å². The average Bonchev–Trinajstić information content (AvgIpc) is 3.25. The molecule has 1 amide bonds. The third-order valence-electron chi connectivity index (χ3n) is 5.93. The smallest absolute Gasteiger partial charge is 0.270 e. The zero-order chi connectivity index (χ0) is 21.4. The molecule has 0 aliphatic carbocycles. The van der Waals surface area contributed by atoms with Gasteiger partial charge in [0.1, 0.15) is 15.7 Å². The van der Waals surface area contributed by atoms with Crippen molar-refractivity contribution in [1.82, 2.24) is 15.0 Å². The number of carbonyl (C=O) groups excluding carboxylic acids is 1. The molecule has 0 atom stereocenters. The summed E-state index contributed by atoms with van der Waals surface area (Å²) < 4.78 is 14.9. The molecule has 3 aromatic heterocycles. The summed E-state index contributed by atoms with van der Waals surface area (Å²) in [4.78, 5) is 30.1. The Kier molecular flexibility index (Phi) is 5.37. The van der Waals surface area contributed by atoms with Crippen molar-refractivity contribution in [2.45, 2.75) is 19.3 Å². The molecule has 160 valence electrons. The molecule has 2 aliphatic rings. The Morgan fingerprint density at radius 3 is 2.71 bits per heavy atom. The van der Waals surface area contributed by atoms with Crippen molar-refractivity contribution in [3.63, 3.8) is 0 Å². The van der Waals surface area contributed by atoms with Gasteiger partial charge in [0.05, 0.1) is 23.1 Å². The quantitative estimate of drug-likeness (QED) is 0.629. The van der Waals surface area contributed by atoms with Crippen LogP contribution in [0.5, 0.6) is 0 Å². The molecule has 0 radical (unpaired) electrons. The van der Waals surface area contributed by atoms with Gasteiger partial charge in [-0.15, -0.1) is 11.3 Å². The second-order valence-corrected chi connectivity index (χ2v) is 8.83. The highest BCUT2D eigenvalue weighted by molar-refractivity contribution is 7.17. The Labute approximate surface area is 183 Å². The van der Waals surface area contributed by atoms with Crippen LogP contribution in [0.1, 0.15) is 28.2 Å². The second kappa shape index (κ2) is 8.32. The number of anilines is 2. The summed E-state index contributed by atoms with van der Waals surface area (Å²) in [5, 5.41) is 9.77. The molecule has 7 nitrogen and oxygen atoms in total. The molecule has 0 bridgehead atoms. The van der Waals surface area contributed by atoms with Gasteiger partial charge < -0.3 is 14.9 Å². The number of aliphatic hydroxyl groups excluding tert-OH is 1. The fourth-order valence-corrected chi connectivity index (χ4v) is 5.18. The first-order valence-corrected chi connectivity index (χ1v) is 11.2. The van der Waals surface area contributed by atoms with E-state index < -0.39 is 5.95 Å². The molecule has 1 N–H and O–H groups in total. The molecule has 1 saturated heterocycles. The minimum Gasteiger partial charge on any atom is -0.396 e. The van der Waals surface area contributed by atoms with E-state index in [0.29, 0.717) is 45.8 Å². The monoisotopic (exact) mass is 439 g/mol. The van der Waals surface area contributed by atoms with E-state index in [1.165, 1.54) is 11.3 Å². The predicted molar refractivity (Wildman–Crippen MR) is 117 cm³/mol. The average molecular weight is 440 g/mol. The van der Waals surface area contributed by atoms with Gasteiger partial charge in [-0.3, -0.25) is 9.78 Å². The Balaban J connectivity index is 1.38. The number of fused-ring (bicyclic) bond motifs is 1. The zero-order valence-corrected chi connectivity index (χ0v) is 17.7. The molecule has 5 heterocycles. The number of nitrogens with zero attached hydrogens (tertiary/aromatic N) is 5. The molecule has 1 fully saturated rings. The Hall–Kier alpha value is -2.91. The van der Waals surface area contributed by atoms with Gasteiger partial charge in [-0.25, -0.2) is 9.97 Å². The van der Waals surface area contributed by atoms with E-state index >= 15 is 0 Å². The maximum absolute atomic E-state index is 14.9. The van der Waals surface area contributed by atoms with E-state index in [1.54, 1.807) is 29.4 Å². The number of amides is 1. The van der Waals surface area contributed by atoms with Crippen molar-refractivity contribution in [1.29, 1.82) is 0 Å². The van der Waals surface area contributed by atoms with E-state index in [4.69, 9.17) is 0 Å². The summed E-state index contributed by atoms with van der Waals surface area (Å²) in [6.45, 7) is 2.22. The molecule has 3 aromatic rings. The van der Waals surface area contributed by atoms with Crippen LogP contribution in [0.3, 0.4) is 0 Å². The largest absolute Gasteiger partial charge is 0.396 e. The summed E-state index contributed by atoms with van der Waals surface area (Å²) in [7, 11) is 0. The minimum absolute atomic E-state index is 0.130. The summed E-state index contributed by atoms with van der Waals surface area (Å²) in [5.41, 5.74) is 1.77. The number of rotatable bonds is 4. The van der Waals surface area contributed by atoms with Gasteiger partial charge in [0.15, 0.2) is 0 Å². The topological polar surface area (TPSA) is 82.5 Å². The fourth-order valence-electron chi connectivity index (χ4n) is 4.11. The maximum Gasteiger partial charge on any atom is 0.270 e. The first-order chi connectivity index (χ1) is 15.1. The number of pyridine rings is 2.